The maximum atomic E-state index is 12.7. The van der Waals surface area contributed by atoms with Gasteiger partial charge in [0.05, 0.1) is 16.3 Å². The zero-order valence-electron chi connectivity index (χ0n) is 14.0. The summed E-state index contributed by atoms with van der Waals surface area (Å²) in [6, 6.07) is 14.4. The number of sulfonamides is 1. The number of halogens is 1. The molecule has 2 atom stereocenters. The fraction of sp³-hybridized carbons (Fsp3) is 0.278. The molecule has 0 aromatic heterocycles. The zero-order valence-corrected chi connectivity index (χ0v) is 16.4. The van der Waals surface area contributed by atoms with Gasteiger partial charge in [0.2, 0.25) is 10.0 Å². The van der Waals surface area contributed by atoms with Gasteiger partial charge < -0.3 is 4.74 Å². The van der Waals surface area contributed by atoms with Crippen molar-refractivity contribution in [3.63, 3.8) is 0 Å². The SMILES string of the molecule is CCOC(=O)[C@H](NS(=O)(=O)c1ccc(C)cc1)[C@H](Br)c1ccccc1. The molecule has 2 aromatic carbocycles. The van der Waals surface area contributed by atoms with E-state index in [9.17, 15) is 13.2 Å². The second kappa shape index (κ2) is 8.60. The fourth-order valence-corrected chi connectivity index (χ4v) is 4.27. The van der Waals surface area contributed by atoms with Crippen LogP contribution in [0.3, 0.4) is 0 Å². The number of nitrogens with one attached hydrogen (secondary N) is 1. The first-order valence-electron chi connectivity index (χ1n) is 7.80. The van der Waals surface area contributed by atoms with Gasteiger partial charge in [-0.3, -0.25) is 4.79 Å². The minimum Gasteiger partial charge on any atom is -0.465 e. The van der Waals surface area contributed by atoms with Gasteiger partial charge in [-0.05, 0) is 31.5 Å². The van der Waals surface area contributed by atoms with E-state index >= 15 is 0 Å². The Balaban J connectivity index is 2.32. The van der Waals surface area contributed by atoms with E-state index in [4.69, 9.17) is 4.74 Å². The van der Waals surface area contributed by atoms with Crippen LogP contribution in [-0.4, -0.2) is 27.0 Å². The number of carbonyl (C=O) groups excluding carboxylic acids is 1. The third kappa shape index (κ3) is 5.14. The number of esters is 1. The first kappa shape index (κ1) is 19.6. The topological polar surface area (TPSA) is 72.5 Å². The highest BCUT2D eigenvalue weighted by atomic mass is 79.9. The summed E-state index contributed by atoms with van der Waals surface area (Å²) in [7, 11) is -3.87. The average molecular weight is 426 g/mol. The average Bonchev–Trinajstić information content (AvgIpc) is 2.60. The van der Waals surface area contributed by atoms with E-state index in [0.29, 0.717) is 0 Å². The molecule has 25 heavy (non-hydrogen) atoms. The van der Waals surface area contributed by atoms with E-state index in [1.54, 1.807) is 19.1 Å². The summed E-state index contributed by atoms with van der Waals surface area (Å²) in [5.74, 6) is -0.635. The summed E-state index contributed by atoms with van der Waals surface area (Å²) < 4.78 is 32.8. The van der Waals surface area contributed by atoms with Crippen molar-refractivity contribution >= 4 is 31.9 Å². The maximum absolute atomic E-state index is 12.7. The van der Waals surface area contributed by atoms with E-state index in [-0.39, 0.29) is 11.5 Å². The Morgan fingerprint density at radius 3 is 2.28 bits per heavy atom. The van der Waals surface area contributed by atoms with Gasteiger partial charge in [-0.25, -0.2) is 8.42 Å². The molecule has 0 aliphatic carbocycles. The van der Waals surface area contributed by atoms with Crippen molar-refractivity contribution in [3.05, 3.63) is 65.7 Å². The number of hydrogen-bond acceptors (Lipinski definition) is 4. The quantitative estimate of drug-likeness (QED) is 0.545. The van der Waals surface area contributed by atoms with Crippen molar-refractivity contribution < 1.29 is 17.9 Å². The van der Waals surface area contributed by atoms with Crippen LogP contribution in [0.1, 0.15) is 22.9 Å². The van der Waals surface area contributed by atoms with Crippen LogP contribution in [-0.2, 0) is 19.6 Å². The van der Waals surface area contributed by atoms with E-state index in [0.717, 1.165) is 11.1 Å². The number of benzene rings is 2. The molecule has 2 rings (SSSR count). The molecule has 0 unspecified atom stereocenters. The van der Waals surface area contributed by atoms with Gasteiger partial charge in [0.1, 0.15) is 6.04 Å². The summed E-state index contributed by atoms with van der Waals surface area (Å²) in [4.78, 5) is 11.9. The van der Waals surface area contributed by atoms with E-state index in [1.807, 2.05) is 37.3 Å². The molecular weight excluding hydrogens is 406 g/mol. The van der Waals surface area contributed by atoms with Crippen molar-refractivity contribution in [2.24, 2.45) is 0 Å². The first-order valence-corrected chi connectivity index (χ1v) is 10.2. The van der Waals surface area contributed by atoms with Gasteiger partial charge in [-0.2, -0.15) is 4.72 Å². The minimum absolute atomic E-state index is 0.0974. The van der Waals surface area contributed by atoms with Crippen LogP contribution in [0, 0.1) is 6.92 Å². The number of carbonyl (C=O) groups is 1. The number of hydrogen-bond donors (Lipinski definition) is 1. The molecule has 7 heteroatoms. The molecule has 0 aliphatic heterocycles. The van der Waals surface area contributed by atoms with Gasteiger partial charge in [0.25, 0.3) is 0 Å². The smallest absolute Gasteiger partial charge is 0.325 e. The normalized spacial score (nSPS) is 13.9. The van der Waals surface area contributed by atoms with E-state index in [2.05, 4.69) is 20.7 Å². The highest BCUT2D eigenvalue weighted by Crippen LogP contribution is 2.28. The molecule has 0 amide bonds. The zero-order chi connectivity index (χ0) is 18.4. The lowest BCUT2D eigenvalue weighted by Crippen LogP contribution is -2.44. The second-order valence-corrected chi connectivity index (χ2v) is 8.18. The van der Waals surface area contributed by atoms with Gasteiger partial charge in [-0.15, -0.1) is 0 Å². The Hall–Kier alpha value is -1.70. The lowest BCUT2D eigenvalue weighted by Gasteiger charge is -2.22. The second-order valence-electron chi connectivity index (χ2n) is 5.48. The number of ether oxygens (including phenoxy) is 1. The summed E-state index contributed by atoms with van der Waals surface area (Å²) in [5.41, 5.74) is 1.72. The molecule has 134 valence electrons. The number of rotatable bonds is 7. The van der Waals surface area contributed by atoms with Crippen LogP contribution in [0.2, 0.25) is 0 Å². The van der Waals surface area contributed by atoms with E-state index < -0.39 is 26.9 Å². The van der Waals surface area contributed by atoms with Gasteiger partial charge in [0, 0.05) is 0 Å². The first-order chi connectivity index (χ1) is 11.8. The molecule has 0 spiro atoms. The van der Waals surface area contributed by atoms with Crippen molar-refractivity contribution in [2.45, 2.75) is 29.6 Å². The molecule has 0 fully saturated rings. The summed E-state index contributed by atoms with van der Waals surface area (Å²) >= 11 is 3.43. The Kier molecular flexibility index (Phi) is 6.75. The van der Waals surface area contributed by atoms with E-state index in [1.165, 1.54) is 12.1 Å². The standard InChI is InChI=1S/C18H20BrNO4S/c1-3-24-18(21)17(16(19)14-7-5-4-6-8-14)20-25(22,23)15-11-9-13(2)10-12-15/h4-12,16-17,20H,3H2,1-2H3/t16-,17-/m1/s1. The van der Waals surface area contributed by atoms with Crippen molar-refractivity contribution in [2.75, 3.05) is 6.61 Å². The predicted octanol–water partition coefficient (Wildman–Crippen LogP) is 3.34. The van der Waals surface area contributed by atoms with Gasteiger partial charge >= 0.3 is 5.97 Å². The predicted molar refractivity (Wildman–Crippen MR) is 100 cm³/mol. The molecule has 5 nitrogen and oxygen atoms in total. The summed E-state index contributed by atoms with van der Waals surface area (Å²) in [6.45, 7) is 3.71. The molecule has 1 N–H and O–H groups in total. The van der Waals surface area contributed by atoms with Crippen LogP contribution < -0.4 is 4.72 Å². The number of alkyl halides is 1. The minimum atomic E-state index is -3.87. The third-order valence-electron chi connectivity index (χ3n) is 3.56. The highest BCUT2D eigenvalue weighted by Gasteiger charge is 2.33. The largest absolute Gasteiger partial charge is 0.465 e. The van der Waals surface area contributed by atoms with Crippen molar-refractivity contribution in [1.29, 1.82) is 0 Å². The van der Waals surface area contributed by atoms with Gasteiger partial charge in [0.15, 0.2) is 0 Å². The Bertz CT molecular complexity index is 807. The highest BCUT2D eigenvalue weighted by molar-refractivity contribution is 9.09. The number of aryl methyl sites for hydroxylation is 1. The third-order valence-corrected chi connectivity index (χ3v) is 6.08. The summed E-state index contributed by atoms with van der Waals surface area (Å²) in [5, 5.41) is 0. The van der Waals surface area contributed by atoms with Crippen LogP contribution in [0.25, 0.3) is 0 Å². The fourth-order valence-electron chi connectivity index (χ4n) is 2.24. The maximum Gasteiger partial charge on any atom is 0.325 e. The molecule has 0 bridgehead atoms. The molecule has 0 saturated carbocycles. The van der Waals surface area contributed by atoms with Crippen molar-refractivity contribution in [1.82, 2.24) is 4.72 Å². The molecule has 2 aromatic rings. The van der Waals surface area contributed by atoms with Crippen LogP contribution in [0.4, 0.5) is 0 Å². The molecule has 0 radical (unpaired) electrons. The molecule has 0 aliphatic rings. The van der Waals surface area contributed by atoms with Crippen LogP contribution >= 0.6 is 15.9 Å². The molecular formula is C18H20BrNO4S. The van der Waals surface area contributed by atoms with Crippen molar-refractivity contribution in [3.8, 4) is 0 Å². The summed E-state index contributed by atoms with van der Waals surface area (Å²) in [6.07, 6.45) is 0. The Morgan fingerprint density at radius 1 is 1.12 bits per heavy atom. The monoisotopic (exact) mass is 425 g/mol. The lowest BCUT2D eigenvalue weighted by molar-refractivity contribution is -0.145. The molecule has 0 heterocycles. The molecule has 0 saturated heterocycles. The Morgan fingerprint density at radius 2 is 1.72 bits per heavy atom. The lowest BCUT2D eigenvalue weighted by atomic mass is 10.1. The van der Waals surface area contributed by atoms with Crippen LogP contribution in [0.5, 0.6) is 0 Å². The van der Waals surface area contributed by atoms with Gasteiger partial charge in [-0.1, -0.05) is 64.0 Å². The van der Waals surface area contributed by atoms with Crippen LogP contribution in [0.15, 0.2) is 59.5 Å². The Labute approximate surface area is 156 Å².